The first-order valence-corrected chi connectivity index (χ1v) is 9.95. The highest BCUT2D eigenvalue weighted by Crippen LogP contribution is 2.34. The van der Waals surface area contributed by atoms with Gasteiger partial charge in [0, 0.05) is 31.4 Å². The second-order valence-electron chi connectivity index (χ2n) is 8.29. The van der Waals surface area contributed by atoms with E-state index in [2.05, 4.69) is 24.8 Å². The molecule has 0 spiro atoms. The first kappa shape index (κ1) is 18.0. The minimum Gasteiger partial charge on any atom is -0.365 e. The number of nitrogens with zero attached hydrogens (tertiary/aromatic N) is 3. The molecule has 27 heavy (non-hydrogen) atoms. The van der Waals surface area contributed by atoms with Gasteiger partial charge in [0.05, 0.1) is 11.5 Å². The van der Waals surface area contributed by atoms with E-state index in [1.807, 2.05) is 11.0 Å². The Morgan fingerprint density at radius 1 is 1.30 bits per heavy atom. The van der Waals surface area contributed by atoms with Crippen LogP contribution in [0.1, 0.15) is 54.7 Å². The van der Waals surface area contributed by atoms with Crippen molar-refractivity contribution in [3.05, 3.63) is 34.5 Å². The van der Waals surface area contributed by atoms with Gasteiger partial charge in [-0.15, -0.1) is 0 Å². The summed E-state index contributed by atoms with van der Waals surface area (Å²) in [5, 5.41) is 0. The molecule has 1 aliphatic carbocycles. The molecule has 3 aliphatic heterocycles. The molecule has 6 nitrogen and oxygen atoms in total. The third kappa shape index (κ3) is 3.33. The summed E-state index contributed by atoms with van der Waals surface area (Å²) in [5.41, 5.74) is 9.63. The van der Waals surface area contributed by atoms with E-state index < -0.39 is 5.91 Å². The summed E-state index contributed by atoms with van der Waals surface area (Å²) in [4.78, 5) is 34.1. The first-order valence-electron chi connectivity index (χ1n) is 9.95. The molecule has 2 N–H and O–H groups in total. The molecule has 0 saturated carbocycles. The number of primary amides is 1. The maximum absolute atomic E-state index is 13.0. The predicted octanol–water partition coefficient (Wildman–Crippen LogP) is 2.06. The fourth-order valence-electron chi connectivity index (χ4n) is 4.62. The topological polar surface area (TPSA) is 79.5 Å². The number of fused-ring (bicyclic) bond motifs is 5. The van der Waals surface area contributed by atoms with Gasteiger partial charge in [0.15, 0.2) is 0 Å². The summed E-state index contributed by atoms with van der Waals surface area (Å²) < 4.78 is 0. The molecule has 2 amide bonds. The van der Waals surface area contributed by atoms with Crippen LogP contribution in [-0.4, -0.2) is 47.4 Å². The van der Waals surface area contributed by atoms with Gasteiger partial charge in [-0.2, -0.15) is 0 Å². The molecule has 2 bridgehead atoms. The zero-order valence-corrected chi connectivity index (χ0v) is 16.2. The molecule has 0 aromatic carbocycles. The number of rotatable bonds is 4. The lowest BCUT2D eigenvalue weighted by Gasteiger charge is -2.35. The number of carbonyl (C=O) groups is 2. The molecule has 1 aromatic heterocycles. The minimum atomic E-state index is -0.434. The van der Waals surface area contributed by atoms with Crippen molar-refractivity contribution >= 4 is 17.6 Å². The standard InChI is InChI=1S/C21H28N4O2/c1-13(2)8-9-25-16-7-6-15(21(25)27)11-24(12-16)20-17(19(22)26)10-14-4-3-5-18(14)23-20/h8,10,15-16H,3-7,9,11-12H2,1-2H3,(H2,22,26)/t15-,16+/m1/s1. The van der Waals surface area contributed by atoms with Crippen molar-refractivity contribution in [2.45, 2.75) is 52.0 Å². The van der Waals surface area contributed by atoms with Crippen LogP contribution in [0.3, 0.4) is 0 Å². The van der Waals surface area contributed by atoms with Gasteiger partial charge in [-0.25, -0.2) is 4.98 Å². The Morgan fingerprint density at radius 2 is 2.11 bits per heavy atom. The number of aromatic nitrogens is 1. The molecule has 2 atom stereocenters. The third-order valence-electron chi connectivity index (χ3n) is 6.09. The van der Waals surface area contributed by atoms with Crippen molar-refractivity contribution in [3.8, 4) is 0 Å². The number of allylic oxidation sites excluding steroid dienone is 1. The van der Waals surface area contributed by atoms with Gasteiger partial charge in [-0.1, -0.05) is 11.6 Å². The smallest absolute Gasteiger partial charge is 0.252 e. The van der Waals surface area contributed by atoms with E-state index in [1.165, 1.54) is 5.57 Å². The number of hydrogen-bond acceptors (Lipinski definition) is 4. The van der Waals surface area contributed by atoms with Crippen molar-refractivity contribution in [1.82, 2.24) is 9.88 Å². The number of pyridine rings is 1. The average Bonchev–Trinajstić information content (AvgIpc) is 2.92. The summed E-state index contributed by atoms with van der Waals surface area (Å²) in [6.45, 7) is 6.11. The number of aryl methyl sites for hydroxylation is 2. The quantitative estimate of drug-likeness (QED) is 0.825. The van der Waals surface area contributed by atoms with E-state index in [4.69, 9.17) is 10.7 Å². The molecular weight excluding hydrogens is 340 g/mol. The highest BCUT2D eigenvalue weighted by molar-refractivity contribution is 5.98. The Labute approximate surface area is 160 Å². The van der Waals surface area contributed by atoms with Crippen LogP contribution in [0, 0.1) is 5.92 Å². The monoisotopic (exact) mass is 368 g/mol. The zero-order valence-electron chi connectivity index (χ0n) is 16.2. The Balaban J connectivity index is 1.67. The summed E-state index contributed by atoms with van der Waals surface area (Å²) in [5.74, 6) is 0.437. The number of nitrogens with two attached hydrogens (primary N) is 1. The molecule has 144 valence electrons. The largest absolute Gasteiger partial charge is 0.365 e. The van der Waals surface area contributed by atoms with Gasteiger partial charge in [0.2, 0.25) is 5.91 Å². The lowest BCUT2D eigenvalue weighted by molar-refractivity contribution is -0.139. The normalized spacial score (nSPS) is 24.0. The van der Waals surface area contributed by atoms with Crippen LogP contribution in [-0.2, 0) is 17.6 Å². The Kier molecular flexibility index (Phi) is 4.66. The molecule has 0 radical (unpaired) electrons. The number of piperidine rings is 1. The van der Waals surface area contributed by atoms with E-state index in [-0.39, 0.29) is 17.9 Å². The Morgan fingerprint density at radius 3 is 2.85 bits per heavy atom. The van der Waals surface area contributed by atoms with Crippen LogP contribution < -0.4 is 10.6 Å². The summed E-state index contributed by atoms with van der Waals surface area (Å²) in [7, 11) is 0. The fraction of sp³-hybridized carbons (Fsp3) is 0.571. The Bertz CT molecular complexity index is 813. The zero-order chi connectivity index (χ0) is 19.1. The molecule has 3 fully saturated rings. The number of carbonyl (C=O) groups excluding carboxylic acids is 2. The SMILES string of the molecule is CC(C)=CCN1C(=O)[C@@H]2CC[C@H]1CN(c1nc3c(cc1C(N)=O)CCC3)C2. The summed E-state index contributed by atoms with van der Waals surface area (Å²) >= 11 is 0. The second kappa shape index (κ2) is 6.98. The van der Waals surface area contributed by atoms with E-state index in [1.54, 1.807) is 0 Å². The summed E-state index contributed by atoms with van der Waals surface area (Å²) in [6.07, 6.45) is 7.01. The fourth-order valence-corrected chi connectivity index (χ4v) is 4.62. The lowest BCUT2D eigenvalue weighted by Crippen LogP contribution is -2.47. The van der Waals surface area contributed by atoms with Crippen LogP contribution in [0.4, 0.5) is 5.82 Å². The number of anilines is 1. The Hall–Kier alpha value is -2.37. The van der Waals surface area contributed by atoms with Gasteiger partial charge in [0.1, 0.15) is 5.82 Å². The molecule has 6 heteroatoms. The highest BCUT2D eigenvalue weighted by Gasteiger charge is 2.41. The number of amides is 2. The van der Waals surface area contributed by atoms with Crippen LogP contribution in [0.15, 0.2) is 17.7 Å². The average molecular weight is 368 g/mol. The molecular formula is C21H28N4O2. The lowest BCUT2D eigenvalue weighted by atomic mass is 9.94. The molecule has 5 rings (SSSR count). The molecule has 3 saturated heterocycles. The van der Waals surface area contributed by atoms with Crippen molar-refractivity contribution in [3.63, 3.8) is 0 Å². The summed E-state index contributed by atoms with van der Waals surface area (Å²) in [6, 6.07) is 2.09. The molecule has 0 unspecified atom stereocenters. The maximum Gasteiger partial charge on any atom is 0.252 e. The minimum absolute atomic E-state index is 0.0370. The van der Waals surface area contributed by atoms with E-state index in [0.29, 0.717) is 31.0 Å². The number of hydrogen-bond donors (Lipinski definition) is 1. The van der Waals surface area contributed by atoms with Crippen molar-refractivity contribution in [2.24, 2.45) is 11.7 Å². The predicted molar refractivity (Wildman–Crippen MR) is 105 cm³/mol. The van der Waals surface area contributed by atoms with Gasteiger partial charge >= 0.3 is 0 Å². The van der Waals surface area contributed by atoms with Crippen LogP contribution in [0.2, 0.25) is 0 Å². The van der Waals surface area contributed by atoms with Gasteiger partial charge in [0.25, 0.3) is 5.91 Å². The first-order chi connectivity index (χ1) is 12.9. The van der Waals surface area contributed by atoms with Crippen LogP contribution in [0.5, 0.6) is 0 Å². The maximum atomic E-state index is 13.0. The van der Waals surface area contributed by atoms with Gasteiger partial charge in [-0.3, -0.25) is 9.59 Å². The second-order valence-corrected chi connectivity index (χ2v) is 8.29. The van der Waals surface area contributed by atoms with Gasteiger partial charge in [-0.05, 0) is 57.6 Å². The van der Waals surface area contributed by atoms with Crippen molar-refractivity contribution in [2.75, 3.05) is 24.5 Å². The van der Waals surface area contributed by atoms with E-state index in [0.717, 1.165) is 43.4 Å². The van der Waals surface area contributed by atoms with Crippen LogP contribution >= 0.6 is 0 Å². The van der Waals surface area contributed by atoms with E-state index in [9.17, 15) is 9.59 Å². The van der Waals surface area contributed by atoms with Crippen LogP contribution in [0.25, 0.3) is 0 Å². The molecule has 4 aliphatic rings. The van der Waals surface area contributed by atoms with Gasteiger partial charge < -0.3 is 15.5 Å². The third-order valence-corrected chi connectivity index (χ3v) is 6.09. The molecule has 4 heterocycles. The molecule has 1 aromatic rings. The highest BCUT2D eigenvalue weighted by atomic mass is 16.2. The van der Waals surface area contributed by atoms with E-state index >= 15 is 0 Å². The van der Waals surface area contributed by atoms with Crippen molar-refractivity contribution in [1.29, 1.82) is 0 Å². The van der Waals surface area contributed by atoms with Crippen molar-refractivity contribution < 1.29 is 9.59 Å².